The first-order chi connectivity index (χ1) is 10.4. The fraction of sp³-hybridized carbons (Fsp3) is 0.529. The molecule has 1 heterocycles. The molecule has 0 aromatic heterocycles. The zero-order valence-corrected chi connectivity index (χ0v) is 13.4. The van der Waals surface area contributed by atoms with Gasteiger partial charge in [-0.25, -0.2) is 0 Å². The lowest BCUT2D eigenvalue weighted by Gasteiger charge is -2.22. The Hall–Kier alpha value is -1.88. The minimum absolute atomic E-state index is 0.0265. The third-order valence-corrected chi connectivity index (χ3v) is 3.70. The van der Waals surface area contributed by atoms with Gasteiger partial charge in [0.05, 0.1) is 6.10 Å². The van der Waals surface area contributed by atoms with Crippen molar-refractivity contribution in [3.8, 4) is 0 Å². The molecule has 1 aliphatic rings. The Labute approximate surface area is 131 Å². The molecule has 2 rings (SSSR count). The fourth-order valence-corrected chi connectivity index (χ4v) is 2.52. The quantitative estimate of drug-likeness (QED) is 0.841. The van der Waals surface area contributed by atoms with E-state index in [-0.39, 0.29) is 11.5 Å². The van der Waals surface area contributed by atoms with Crippen molar-refractivity contribution in [3.05, 3.63) is 29.8 Å². The minimum atomic E-state index is -0.644. The van der Waals surface area contributed by atoms with Crippen LogP contribution in [0.3, 0.4) is 0 Å². The molecule has 1 fully saturated rings. The lowest BCUT2D eigenvalue weighted by atomic mass is 9.86. The predicted molar refractivity (Wildman–Crippen MR) is 85.8 cm³/mol. The lowest BCUT2D eigenvalue weighted by molar-refractivity contribution is -0.136. The smallest absolute Gasteiger partial charge is 0.313 e. The molecule has 1 saturated heterocycles. The van der Waals surface area contributed by atoms with Gasteiger partial charge in [0, 0.05) is 18.8 Å². The summed E-state index contributed by atoms with van der Waals surface area (Å²) in [5.74, 6) is -1.27. The number of rotatable bonds is 3. The molecule has 2 N–H and O–H groups in total. The topological polar surface area (TPSA) is 67.4 Å². The first-order valence-electron chi connectivity index (χ1n) is 7.68. The summed E-state index contributed by atoms with van der Waals surface area (Å²) in [7, 11) is 0. The van der Waals surface area contributed by atoms with E-state index in [0.717, 1.165) is 25.0 Å². The number of carbonyl (C=O) groups is 2. The van der Waals surface area contributed by atoms with Crippen LogP contribution in [0.2, 0.25) is 0 Å². The fourth-order valence-electron chi connectivity index (χ4n) is 2.52. The molecule has 0 radical (unpaired) electrons. The molecule has 0 spiro atoms. The number of carbonyl (C=O) groups excluding carboxylic acids is 2. The molecular formula is C17H24N2O3. The van der Waals surface area contributed by atoms with E-state index in [0.29, 0.717) is 12.2 Å². The van der Waals surface area contributed by atoms with Gasteiger partial charge in [0.15, 0.2) is 0 Å². The molecule has 0 aliphatic carbocycles. The number of nitrogens with one attached hydrogen (secondary N) is 2. The Morgan fingerprint density at radius 3 is 2.59 bits per heavy atom. The maximum atomic E-state index is 12.0. The average Bonchev–Trinajstić information content (AvgIpc) is 2.97. The van der Waals surface area contributed by atoms with Crippen molar-refractivity contribution in [3.63, 3.8) is 0 Å². The second kappa shape index (κ2) is 6.92. The average molecular weight is 304 g/mol. The van der Waals surface area contributed by atoms with Crippen LogP contribution in [-0.2, 0) is 19.7 Å². The predicted octanol–water partition coefficient (Wildman–Crippen LogP) is 2.22. The molecule has 1 unspecified atom stereocenters. The van der Waals surface area contributed by atoms with Gasteiger partial charge < -0.3 is 15.4 Å². The van der Waals surface area contributed by atoms with E-state index in [2.05, 4.69) is 31.4 Å². The van der Waals surface area contributed by atoms with Gasteiger partial charge in [0.1, 0.15) is 0 Å². The van der Waals surface area contributed by atoms with Crippen molar-refractivity contribution < 1.29 is 14.3 Å². The summed E-state index contributed by atoms with van der Waals surface area (Å²) in [5, 5.41) is 5.33. The zero-order valence-electron chi connectivity index (χ0n) is 13.4. The molecule has 5 nitrogen and oxygen atoms in total. The van der Waals surface area contributed by atoms with E-state index in [1.807, 2.05) is 24.3 Å². The van der Waals surface area contributed by atoms with Gasteiger partial charge in [-0.15, -0.1) is 0 Å². The van der Waals surface area contributed by atoms with Gasteiger partial charge in [0.25, 0.3) is 0 Å². The van der Waals surface area contributed by atoms with E-state index in [4.69, 9.17) is 4.74 Å². The molecule has 2 amide bonds. The van der Waals surface area contributed by atoms with Gasteiger partial charge in [-0.05, 0) is 29.9 Å². The second-order valence-electron chi connectivity index (χ2n) is 6.59. The summed E-state index contributed by atoms with van der Waals surface area (Å²) in [6.07, 6.45) is 1.96. The SMILES string of the molecule is CC(C)(C)c1ccccc1NC(=O)C(=O)NCC1CCCO1. The number of anilines is 1. The molecule has 1 aliphatic heterocycles. The molecule has 1 aromatic carbocycles. The van der Waals surface area contributed by atoms with Gasteiger partial charge in [-0.2, -0.15) is 0 Å². The highest BCUT2D eigenvalue weighted by atomic mass is 16.5. The first-order valence-corrected chi connectivity index (χ1v) is 7.68. The summed E-state index contributed by atoms with van der Waals surface area (Å²) in [6, 6.07) is 7.54. The Kier molecular flexibility index (Phi) is 5.19. The van der Waals surface area contributed by atoms with Crippen LogP contribution in [0.1, 0.15) is 39.2 Å². The first kappa shape index (κ1) is 16.5. The zero-order chi connectivity index (χ0) is 16.2. The van der Waals surface area contributed by atoms with Crippen LogP contribution >= 0.6 is 0 Å². The molecule has 5 heteroatoms. The number of ether oxygens (including phenoxy) is 1. The Morgan fingerprint density at radius 1 is 1.23 bits per heavy atom. The highest BCUT2D eigenvalue weighted by molar-refractivity contribution is 6.39. The molecule has 0 bridgehead atoms. The molecule has 1 aromatic rings. The molecule has 22 heavy (non-hydrogen) atoms. The van der Waals surface area contributed by atoms with E-state index >= 15 is 0 Å². The van der Waals surface area contributed by atoms with Crippen LogP contribution in [0, 0.1) is 0 Å². The Morgan fingerprint density at radius 2 is 1.95 bits per heavy atom. The Bertz CT molecular complexity index is 543. The van der Waals surface area contributed by atoms with E-state index in [1.54, 1.807) is 0 Å². The highest BCUT2D eigenvalue weighted by Gasteiger charge is 2.22. The van der Waals surface area contributed by atoms with E-state index in [9.17, 15) is 9.59 Å². The van der Waals surface area contributed by atoms with Crippen LogP contribution in [0.4, 0.5) is 5.69 Å². The third-order valence-electron chi connectivity index (χ3n) is 3.70. The number of benzene rings is 1. The van der Waals surface area contributed by atoms with Crippen molar-refractivity contribution in [1.29, 1.82) is 0 Å². The summed E-state index contributed by atoms with van der Waals surface area (Å²) in [6.45, 7) is 7.30. The number of para-hydroxylation sites is 1. The number of amides is 2. The molecule has 1 atom stereocenters. The number of hydrogen-bond acceptors (Lipinski definition) is 3. The van der Waals surface area contributed by atoms with Crippen molar-refractivity contribution in [2.75, 3.05) is 18.5 Å². The molecule has 0 saturated carbocycles. The monoisotopic (exact) mass is 304 g/mol. The lowest BCUT2D eigenvalue weighted by Crippen LogP contribution is -2.39. The highest BCUT2D eigenvalue weighted by Crippen LogP contribution is 2.29. The van der Waals surface area contributed by atoms with Gasteiger partial charge in [0.2, 0.25) is 0 Å². The maximum absolute atomic E-state index is 12.0. The van der Waals surface area contributed by atoms with E-state index in [1.165, 1.54) is 0 Å². The third kappa shape index (κ3) is 4.31. The van der Waals surface area contributed by atoms with Gasteiger partial charge >= 0.3 is 11.8 Å². The van der Waals surface area contributed by atoms with E-state index < -0.39 is 11.8 Å². The largest absolute Gasteiger partial charge is 0.376 e. The maximum Gasteiger partial charge on any atom is 0.313 e. The minimum Gasteiger partial charge on any atom is -0.376 e. The summed E-state index contributed by atoms with van der Waals surface area (Å²) in [4.78, 5) is 23.9. The number of hydrogen-bond donors (Lipinski definition) is 2. The van der Waals surface area contributed by atoms with Crippen molar-refractivity contribution in [1.82, 2.24) is 5.32 Å². The van der Waals surface area contributed by atoms with Gasteiger partial charge in [-0.1, -0.05) is 39.0 Å². The van der Waals surface area contributed by atoms with Crippen LogP contribution in [-0.4, -0.2) is 31.1 Å². The summed E-state index contributed by atoms with van der Waals surface area (Å²) < 4.78 is 5.42. The van der Waals surface area contributed by atoms with Crippen molar-refractivity contribution in [2.24, 2.45) is 0 Å². The van der Waals surface area contributed by atoms with Crippen LogP contribution in [0.5, 0.6) is 0 Å². The molecule has 120 valence electrons. The van der Waals surface area contributed by atoms with Crippen LogP contribution < -0.4 is 10.6 Å². The summed E-state index contributed by atoms with van der Waals surface area (Å²) >= 11 is 0. The standard InChI is InChI=1S/C17H24N2O3/c1-17(2,3)13-8-4-5-9-14(13)19-16(21)15(20)18-11-12-7-6-10-22-12/h4-5,8-9,12H,6-7,10-11H2,1-3H3,(H,18,20)(H,19,21). The second-order valence-corrected chi connectivity index (χ2v) is 6.59. The Balaban J connectivity index is 1.95. The summed E-state index contributed by atoms with van der Waals surface area (Å²) in [5.41, 5.74) is 1.56. The molecular weight excluding hydrogens is 280 g/mol. The van der Waals surface area contributed by atoms with Crippen LogP contribution in [0.15, 0.2) is 24.3 Å². The normalized spacial score (nSPS) is 18.0. The van der Waals surface area contributed by atoms with Gasteiger partial charge in [-0.3, -0.25) is 9.59 Å². The van der Waals surface area contributed by atoms with Crippen molar-refractivity contribution >= 4 is 17.5 Å². The van der Waals surface area contributed by atoms with Crippen LogP contribution in [0.25, 0.3) is 0 Å². The van der Waals surface area contributed by atoms with Crippen molar-refractivity contribution in [2.45, 2.75) is 45.1 Å².